The van der Waals surface area contributed by atoms with Crippen molar-refractivity contribution in [2.45, 2.75) is 0 Å². The molecule has 0 unspecified atom stereocenters. The average molecular weight is 820 g/mol. The molecule has 12 aromatic rings. The van der Waals surface area contributed by atoms with Gasteiger partial charge in [0, 0.05) is 67.4 Å². The Morgan fingerprint density at radius 2 is 0.672 bits per heavy atom. The van der Waals surface area contributed by atoms with Gasteiger partial charge in [-0.3, -0.25) is 0 Å². The Morgan fingerprint density at radius 1 is 0.266 bits per heavy atom. The number of para-hydroxylation sites is 4. The van der Waals surface area contributed by atoms with E-state index in [-0.39, 0.29) is 0 Å². The molecule has 302 valence electrons. The number of hydrogen-bond acceptors (Lipinski definition) is 3. The number of benzene rings is 10. The molecule has 0 aliphatic carbocycles. The minimum atomic E-state index is 0.865. The summed E-state index contributed by atoms with van der Waals surface area (Å²) in [5.74, 6) is 0. The van der Waals surface area contributed by atoms with Crippen molar-refractivity contribution in [3.63, 3.8) is 0 Å². The van der Waals surface area contributed by atoms with Gasteiger partial charge in [-0.15, -0.1) is 0 Å². The molecule has 0 aliphatic heterocycles. The fourth-order valence-corrected chi connectivity index (χ4v) is 9.32. The summed E-state index contributed by atoms with van der Waals surface area (Å²) < 4.78 is 8.75. The topological polar surface area (TPSA) is 24.6 Å². The van der Waals surface area contributed by atoms with Gasteiger partial charge in [-0.05, 0) is 119 Å². The number of fused-ring (bicyclic) bond motifs is 6. The lowest BCUT2D eigenvalue weighted by atomic mass is 10.0. The Balaban J connectivity index is 0.904. The predicted octanol–water partition coefficient (Wildman–Crippen LogP) is 17.0. The normalized spacial score (nSPS) is 11.4. The summed E-state index contributed by atoms with van der Waals surface area (Å²) in [6.45, 7) is 0. The summed E-state index contributed by atoms with van der Waals surface area (Å²) >= 11 is 0. The van der Waals surface area contributed by atoms with Gasteiger partial charge in [-0.2, -0.15) is 0 Å². The van der Waals surface area contributed by atoms with Crippen LogP contribution in [-0.2, 0) is 0 Å². The van der Waals surface area contributed by atoms with Crippen molar-refractivity contribution < 1.29 is 4.42 Å². The molecule has 2 aromatic heterocycles. The van der Waals surface area contributed by atoms with Crippen molar-refractivity contribution in [1.29, 1.82) is 0 Å². The van der Waals surface area contributed by atoms with Crippen LogP contribution >= 0.6 is 0 Å². The van der Waals surface area contributed by atoms with Gasteiger partial charge in [0.25, 0.3) is 0 Å². The second-order valence-corrected chi connectivity index (χ2v) is 16.2. The molecule has 12 rings (SSSR count). The highest BCUT2D eigenvalue weighted by molar-refractivity contribution is 6.10. The fourth-order valence-electron chi connectivity index (χ4n) is 9.32. The third kappa shape index (κ3) is 6.57. The molecule has 0 radical (unpaired) electrons. The van der Waals surface area contributed by atoms with Gasteiger partial charge in [0.15, 0.2) is 0 Å². The molecule has 0 saturated heterocycles. The first-order chi connectivity index (χ1) is 31.7. The maximum atomic E-state index is 6.38. The zero-order valence-electron chi connectivity index (χ0n) is 34.9. The van der Waals surface area contributed by atoms with Crippen LogP contribution in [0.3, 0.4) is 0 Å². The van der Waals surface area contributed by atoms with Crippen molar-refractivity contribution in [3.05, 3.63) is 249 Å². The second kappa shape index (κ2) is 15.7. The van der Waals surface area contributed by atoms with Crippen LogP contribution in [0.4, 0.5) is 34.1 Å². The first-order valence-electron chi connectivity index (χ1n) is 21.7. The van der Waals surface area contributed by atoms with E-state index in [1.807, 2.05) is 12.1 Å². The molecule has 0 spiro atoms. The molecule has 0 saturated carbocycles. The molecular weight excluding hydrogens is 779 g/mol. The Labute approximate surface area is 371 Å². The Kier molecular flexibility index (Phi) is 9.12. The number of furan rings is 1. The molecular formula is C60H41N3O. The number of nitrogens with zero attached hydrogens (tertiary/aromatic N) is 3. The van der Waals surface area contributed by atoms with Crippen LogP contribution in [0, 0.1) is 0 Å². The lowest BCUT2D eigenvalue weighted by molar-refractivity contribution is 0.669. The van der Waals surface area contributed by atoms with E-state index in [2.05, 4.69) is 251 Å². The van der Waals surface area contributed by atoms with Crippen molar-refractivity contribution in [1.82, 2.24) is 4.57 Å². The average Bonchev–Trinajstić information content (AvgIpc) is 3.91. The van der Waals surface area contributed by atoms with Crippen LogP contribution in [0.25, 0.3) is 71.7 Å². The van der Waals surface area contributed by atoms with Gasteiger partial charge in [-0.25, -0.2) is 0 Å². The Morgan fingerprint density at radius 3 is 1.28 bits per heavy atom. The van der Waals surface area contributed by atoms with E-state index in [0.717, 1.165) is 72.9 Å². The van der Waals surface area contributed by atoms with Crippen molar-refractivity contribution in [2.75, 3.05) is 9.80 Å². The summed E-state index contributed by atoms with van der Waals surface area (Å²) in [5.41, 5.74) is 16.3. The van der Waals surface area contributed by atoms with E-state index in [0.29, 0.717) is 0 Å². The molecule has 0 amide bonds. The van der Waals surface area contributed by atoms with Crippen molar-refractivity contribution in [2.24, 2.45) is 0 Å². The van der Waals surface area contributed by atoms with Crippen molar-refractivity contribution >= 4 is 77.9 Å². The van der Waals surface area contributed by atoms with Crippen LogP contribution < -0.4 is 9.80 Å². The maximum absolute atomic E-state index is 6.38. The smallest absolute Gasteiger partial charge is 0.137 e. The van der Waals surface area contributed by atoms with Gasteiger partial charge in [0.05, 0.1) is 11.0 Å². The number of hydrogen-bond donors (Lipinski definition) is 0. The van der Waals surface area contributed by atoms with Crippen LogP contribution in [0.15, 0.2) is 253 Å². The van der Waals surface area contributed by atoms with Crippen LogP contribution in [0.5, 0.6) is 0 Å². The highest BCUT2D eigenvalue weighted by Gasteiger charge is 2.19. The van der Waals surface area contributed by atoms with Crippen molar-refractivity contribution in [3.8, 4) is 27.9 Å². The molecule has 0 aliphatic rings. The minimum Gasteiger partial charge on any atom is -0.456 e. The SMILES string of the molecule is c1ccc(-c2ccc(N(c3ccc(-c4ccc(N(c5ccccc5)c5ccc6c7ccccc7n(-c7ccccc7)c6c5)cc4)cc3)c3ccc4c(c3)oc3ccccc34)cc2)cc1. The number of aromatic nitrogens is 1. The molecule has 0 N–H and O–H groups in total. The van der Waals surface area contributed by atoms with Crippen LogP contribution in [0.2, 0.25) is 0 Å². The lowest BCUT2D eigenvalue weighted by Gasteiger charge is -2.26. The molecule has 2 heterocycles. The third-order valence-electron chi connectivity index (χ3n) is 12.4. The van der Waals surface area contributed by atoms with Gasteiger partial charge in [0.1, 0.15) is 11.2 Å². The minimum absolute atomic E-state index is 0.865. The summed E-state index contributed by atoms with van der Waals surface area (Å²) in [4.78, 5) is 4.65. The van der Waals surface area contributed by atoms with Crippen LogP contribution in [0.1, 0.15) is 0 Å². The zero-order chi connectivity index (χ0) is 42.4. The van der Waals surface area contributed by atoms with E-state index in [4.69, 9.17) is 4.42 Å². The molecule has 4 heteroatoms. The molecule has 64 heavy (non-hydrogen) atoms. The third-order valence-corrected chi connectivity index (χ3v) is 12.4. The monoisotopic (exact) mass is 819 g/mol. The molecule has 10 aromatic carbocycles. The molecule has 0 fully saturated rings. The van der Waals surface area contributed by atoms with Gasteiger partial charge in [0.2, 0.25) is 0 Å². The first-order valence-corrected chi connectivity index (χ1v) is 21.7. The van der Waals surface area contributed by atoms with E-state index in [1.165, 1.54) is 32.9 Å². The van der Waals surface area contributed by atoms with E-state index < -0.39 is 0 Å². The van der Waals surface area contributed by atoms with Gasteiger partial charge < -0.3 is 18.8 Å². The Bertz CT molecular complexity index is 3530. The molecule has 0 atom stereocenters. The molecule has 0 bridgehead atoms. The highest BCUT2D eigenvalue weighted by atomic mass is 16.3. The molecule has 4 nitrogen and oxygen atoms in total. The second-order valence-electron chi connectivity index (χ2n) is 16.2. The lowest BCUT2D eigenvalue weighted by Crippen LogP contribution is -2.10. The maximum Gasteiger partial charge on any atom is 0.137 e. The first kappa shape index (κ1) is 37.2. The fraction of sp³-hybridized carbons (Fsp3) is 0. The number of anilines is 6. The highest BCUT2D eigenvalue weighted by Crippen LogP contribution is 2.42. The van der Waals surface area contributed by atoms with Gasteiger partial charge in [-0.1, -0.05) is 146 Å². The van der Waals surface area contributed by atoms with Crippen LogP contribution in [-0.4, -0.2) is 4.57 Å². The van der Waals surface area contributed by atoms with E-state index in [9.17, 15) is 0 Å². The standard InChI is InChI=1S/C60H41N3O/c1-4-14-42(15-5-1)43-24-30-49(31-25-43)62(52-37-39-56-55-21-11-13-23-59(55)64-60(56)41-52)50-34-28-45(29-35-50)44-26-32-48(33-27-44)61(46-16-6-2-7-17-46)51-36-38-54-53-20-10-12-22-57(53)63(58(54)40-51)47-18-8-3-9-19-47/h1-41H. The van der Waals surface area contributed by atoms with E-state index in [1.54, 1.807) is 0 Å². The van der Waals surface area contributed by atoms with E-state index >= 15 is 0 Å². The summed E-state index contributed by atoms with van der Waals surface area (Å²) in [6.07, 6.45) is 0. The summed E-state index contributed by atoms with van der Waals surface area (Å²) in [6, 6.07) is 88.7. The summed E-state index contributed by atoms with van der Waals surface area (Å²) in [7, 11) is 0. The number of rotatable bonds is 9. The predicted molar refractivity (Wildman–Crippen MR) is 268 cm³/mol. The quantitative estimate of drug-likeness (QED) is 0.145. The Hall–Kier alpha value is -8.60. The van der Waals surface area contributed by atoms with Gasteiger partial charge >= 0.3 is 0 Å². The summed E-state index contributed by atoms with van der Waals surface area (Å²) in [5, 5.41) is 4.70. The zero-order valence-corrected chi connectivity index (χ0v) is 34.9. The largest absolute Gasteiger partial charge is 0.456 e.